The van der Waals surface area contributed by atoms with Crippen LogP contribution in [0.3, 0.4) is 0 Å². The molecule has 0 saturated carbocycles. The summed E-state index contributed by atoms with van der Waals surface area (Å²) in [5.41, 5.74) is 5.17. The highest BCUT2D eigenvalue weighted by Gasteiger charge is 2.13. The van der Waals surface area contributed by atoms with Crippen LogP contribution in [0.2, 0.25) is 0 Å². The standard InChI is InChI=1S/C26H23BrN2O3S/c1-31-23-14-20(21(27)15-24(23)32-2)12-13-25(30)29-26-28-22(16-33-26)19-10-8-18(9-11-19)17-6-4-3-5-7-17/h3-11,14-16H,12-13H2,1-2H3,(H,28,29,30). The summed E-state index contributed by atoms with van der Waals surface area (Å²) in [7, 11) is 3.19. The Kier molecular flexibility index (Phi) is 7.42. The number of ether oxygens (including phenoxy) is 2. The maximum Gasteiger partial charge on any atom is 0.226 e. The number of amides is 1. The van der Waals surface area contributed by atoms with Gasteiger partial charge in [0.05, 0.1) is 19.9 Å². The van der Waals surface area contributed by atoms with Crippen molar-refractivity contribution in [2.24, 2.45) is 0 Å². The van der Waals surface area contributed by atoms with E-state index in [2.05, 4.69) is 62.6 Å². The molecule has 0 unspecified atom stereocenters. The SMILES string of the molecule is COc1cc(Br)c(CCC(=O)Nc2nc(-c3ccc(-c4ccccc4)cc3)cs2)cc1OC. The lowest BCUT2D eigenvalue weighted by atomic mass is 10.0. The molecule has 1 amide bonds. The van der Waals surface area contributed by atoms with Gasteiger partial charge in [0.25, 0.3) is 0 Å². The summed E-state index contributed by atoms with van der Waals surface area (Å²) in [6.45, 7) is 0. The van der Waals surface area contributed by atoms with E-state index in [1.54, 1.807) is 14.2 Å². The number of anilines is 1. The summed E-state index contributed by atoms with van der Waals surface area (Å²) >= 11 is 4.96. The summed E-state index contributed by atoms with van der Waals surface area (Å²) < 4.78 is 11.5. The summed E-state index contributed by atoms with van der Waals surface area (Å²) in [4.78, 5) is 17.1. The van der Waals surface area contributed by atoms with Crippen LogP contribution >= 0.6 is 27.3 Å². The highest BCUT2D eigenvalue weighted by molar-refractivity contribution is 9.10. The van der Waals surface area contributed by atoms with Gasteiger partial charge < -0.3 is 14.8 Å². The first-order valence-corrected chi connectivity index (χ1v) is 12.1. The monoisotopic (exact) mass is 522 g/mol. The van der Waals surface area contributed by atoms with Crippen molar-refractivity contribution in [3.05, 3.63) is 82.1 Å². The van der Waals surface area contributed by atoms with Crippen LogP contribution < -0.4 is 14.8 Å². The highest BCUT2D eigenvalue weighted by Crippen LogP contribution is 2.34. The first kappa shape index (κ1) is 23.0. The van der Waals surface area contributed by atoms with Crippen molar-refractivity contribution in [2.45, 2.75) is 12.8 Å². The lowest BCUT2D eigenvalue weighted by Gasteiger charge is -2.11. The molecule has 33 heavy (non-hydrogen) atoms. The Morgan fingerprint density at radius 3 is 2.27 bits per heavy atom. The molecule has 1 aromatic heterocycles. The second kappa shape index (κ2) is 10.6. The maximum absolute atomic E-state index is 12.5. The van der Waals surface area contributed by atoms with E-state index in [4.69, 9.17) is 9.47 Å². The van der Waals surface area contributed by atoms with Crippen molar-refractivity contribution in [1.29, 1.82) is 0 Å². The molecule has 0 aliphatic rings. The van der Waals surface area contributed by atoms with Crippen LogP contribution in [-0.2, 0) is 11.2 Å². The Labute approximate surface area is 205 Å². The smallest absolute Gasteiger partial charge is 0.226 e. The molecule has 4 rings (SSSR count). The Bertz CT molecular complexity index is 1240. The van der Waals surface area contributed by atoms with Gasteiger partial charge in [-0.3, -0.25) is 4.79 Å². The molecule has 5 nitrogen and oxygen atoms in total. The van der Waals surface area contributed by atoms with Crippen LogP contribution in [-0.4, -0.2) is 25.1 Å². The normalized spacial score (nSPS) is 10.6. The number of hydrogen-bond acceptors (Lipinski definition) is 5. The lowest BCUT2D eigenvalue weighted by molar-refractivity contribution is -0.116. The number of carbonyl (C=O) groups excluding carboxylic acids is 1. The maximum atomic E-state index is 12.5. The van der Waals surface area contributed by atoms with Crippen LogP contribution in [0, 0.1) is 0 Å². The van der Waals surface area contributed by atoms with Gasteiger partial charge in [0.15, 0.2) is 16.6 Å². The molecule has 0 aliphatic carbocycles. The van der Waals surface area contributed by atoms with E-state index in [1.165, 1.54) is 16.9 Å². The number of methoxy groups -OCH3 is 2. The van der Waals surface area contributed by atoms with Crippen molar-refractivity contribution in [1.82, 2.24) is 4.98 Å². The zero-order chi connectivity index (χ0) is 23.2. The van der Waals surface area contributed by atoms with Crippen LogP contribution in [0.4, 0.5) is 5.13 Å². The van der Waals surface area contributed by atoms with Crippen LogP contribution in [0.5, 0.6) is 11.5 Å². The number of hydrogen-bond donors (Lipinski definition) is 1. The molecule has 3 aromatic carbocycles. The molecule has 1 N–H and O–H groups in total. The Balaban J connectivity index is 1.37. The predicted octanol–water partition coefficient (Wildman–Crippen LogP) is 6.83. The minimum Gasteiger partial charge on any atom is -0.493 e. The van der Waals surface area contributed by atoms with Gasteiger partial charge in [-0.1, -0.05) is 70.5 Å². The molecule has 0 saturated heterocycles. The van der Waals surface area contributed by atoms with E-state index >= 15 is 0 Å². The number of nitrogens with one attached hydrogen (secondary N) is 1. The average molecular weight is 523 g/mol. The topological polar surface area (TPSA) is 60.5 Å². The summed E-state index contributed by atoms with van der Waals surface area (Å²) in [5.74, 6) is 1.20. The Morgan fingerprint density at radius 1 is 0.939 bits per heavy atom. The van der Waals surface area contributed by atoms with Gasteiger partial charge in [-0.25, -0.2) is 4.98 Å². The number of aryl methyl sites for hydroxylation is 1. The van der Waals surface area contributed by atoms with Crippen molar-refractivity contribution in [3.8, 4) is 33.9 Å². The van der Waals surface area contributed by atoms with Gasteiger partial charge >= 0.3 is 0 Å². The van der Waals surface area contributed by atoms with E-state index in [0.717, 1.165) is 26.9 Å². The van der Waals surface area contributed by atoms with E-state index in [1.807, 2.05) is 35.7 Å². The lowest BCUT2D eigenvalue weighted by Crippen LogP contribution is -2.12. The molecule has 4 aromatic rings. The molecular weight excluding hydrogens is 500 g/mol. The number of nitrogens with zero attached hydrogens (tertiary/aromatic N) is 1. The zero-order valence-corrected chi connectivity index (χ0v) is 20.7. The Hall–Kier alpha value is -3.16. The van der Waals surface area contributed by atoms with Gasteiger partial charge in [-0.2, -0.15) is 0 Å². The molecule has 0 fully saturated rings. The van der Waals surface area contributed by atoms with Gasteiger partial charge in [-0.15, -0.1) is 11.3 Å². The summed E-state index contributed by atoms with van der Waals surface area (Å²) in [5, 5.41) is 5.46. The fourth-order valence-corrected chi connectivity index (χ4v) is 4.70. The van der Waals surface area contributed by atoms with E-state index in [9.17, 15) is 4.79 Å². The van der Waals surface area contributed by atoms with Crippen LogP contribution in [0.25, 0.3) is 22.4 Å². The molecular formula is C26H23BrN2O3S. The molecule has 1 heterocycles. The first-order chi connectivity index (χ1) is 16.1. The Morgan fingerprint density at radius 2 is 1.58 bits per heavy atom. The fourth-order valence-electron chi connectivity index (χ4n) is 3.45. The molecule has 0 atom stereocenters. The third-order valence-corrected chi connectivity index (χ3v) is 6.71. The van der Waals surface area contributed by atoms with Crippen LogP contribution in [0.1, 0.15) is 12.0 Å². The number of thiazole rings is 1. The minimum atomic E-state index is -0.0861. The predicted molar refractivity (Wildman–Crippen MR) is 137 cm³/mol. The van der Waals surface area contributed by atoms with Gasteiger partial charge in [0.1, 0.15) is 0 Å². The third-order valence-electron chi connectivity index (χ3n) is 5.21. The van der Waals surface area contributed by atoms with Crippen molar-refractivity contribution in [2.75, 3.05) is 19.5 Å². The summed E-state index contributed by atoms with van der Waals surface area (Å²) in [6.07, 6.45) is 0.890. The van der Waals surface area contributed by atoms with Gasteiger partial charge in [0.2, 0.25) is 5.91 Å². The molecule has 168 valence electrons. The van der Waals surface area contributed by atoms with E-state index in [0.29, 0.717) is 29.5 Å². The van der Waals surface area contributed by atoms with E-state index < -0.39 is 0 Å². The average Bonchev–Trinajstić information content (AvgIpc) is 3.32. The number of halogens is 1. The van der Waals surface area contributed by atoms with Crippen molar-refractivity contribution < 1.29 is 14.3 Å². The van der Waals surface area contributed by atoms with E-state index in [-0.39, 0.29) is 5.91 Å². The summed E-state index contributed by atoms with van der Waals surface area (Å²) in [6, 6.07) is 22.3. The molecule has 0 radical (unpaired) electrons. The second-order valence-corrected chi connectivity index (χ2v) is 9.04. The van der Waals surface area contributed by atoms with Gasteiger partial charge in [-0.05, 0) is 35.2 Å². The van der Waals surface area contributed by atoms with Crippen molar-refractivity contribution in [3.63, 3.8) is 0 Å². The minimum absolute atomic E-state index is 0.0861. The number of benzene rings is 3. The highest BCUT2D eigenvalue weighted by atomic mass is 79.9. The fraction of sp³-hybridized carbons (Fsp3) is 0.154. The quantitative estimate of drug-likeness (QED) is 0.275. The second-order valence-electron chi connectivity index (χ2n) is 7.33. The molecule has 0 aliphatic heterocycles. The zero-order valence-electron chi connectivity index (χ0n) is 18.3. The van der Waals surface area contributed by atoms with Gasteiger partial charge in [0, 0.05) is 21.8 Å². The number of aromatic nitrogens is 1. The van der Waals surface area contributed by atoms with Crippen LogP contribution in [0.15, 0.2) is 76.6 Å². The number of rotatable bonds is 8. The molecule has 7 heteroatoms. The van der Waals surface area contributed by atoms with Crippen molar-refractivity contribution >= 4 is 38.3 Å². The third kappa shape index (κ3) is 5.61. The molecule has 0 bridgehead atoms. The number of carbonyl (C=O) groups is 1. The first-order valence-electron chi connectivity index (χ1n) is 10.4. The largest absolute Gasteiger partial charge is 0.493 e. The molecule has 0 spiro atoms.